The summed E-state index contributed by atoms with van der Waals surface area (Å²) in [7, 11) is 0. The zero-order valence-corrected chi connectivity index (χ0v) is 25.3. The largest absolute Gasteiger partial charge is 0.460 e. The lowest BCUT2D eigenvalue weighted by Crippen LogP contribution is -2.45. The molecule has 0 radical (unpaired) electrons. The molecule has 0 spiro atoms. The highest BCUT2D eigenvalue weighted by molar-refractivity contribution is 6.01. The number of ether oxygens (including phenoxy) is 1. The lowest BCUT2D eigenvalue weighted by Gasteiger charge is -2.36. The Morgan fingerprint density at radius 3 is 2.05 bits per heavy atom. The predicted molar refractivity (Wildman–Crippen MR) is 163 cm³/mol. The maximum atomic E-state index is 13.3. The molecule has 5 nitrogen and oxygen atoms in total. The Bertz CT molecular complexity index is 1380. The standard InChI is InChI=1S/C35H41F3N2O3/c1-33(2,3)43-31(41)24-34(4,26-10-6-5-7-11-26)20-23-40-21-18-28(19-22-40)39-32(42)30-13-9-8-12-29(30)25-14-16-27(17-15-25)35(36,37)38/h5-17,28H,18-24H2,1-4H3,(H,39,42). The Morgan fingerprint density at radius 2 is 1.44 bits per heavy atom. The van der Waals surface area contributed by atoms with Gasteiger partial charge in [-0.05, 0) is 81.5 Å². The number of piperidine rings is 1. The minimum atomic E-state index is -4.41. The van der Waals surface area contributed by atoms with Crippen molar-refractivity contribution in [2.75, 3.05) is 19.6 Å². The van der Waals surface area contributed by atoms with Crippen LogP contribution in [0.15, 0.2) is 78.9 Å². The van der Waals surface area contributed by atoms with Crippen LogP contribution in [0.4, 0.5) is 13.2 Å². The molecule has 1 atom stereocenters. The van der Waals surface area contributed by atoms with Crippen LogP contribution in [0.2, 0.25) is 0 Å². The van der Waals surface area contributed by atoms with E-state index in [1.54, 1.807) is 24.3 Å². The first-order valence-electron chi connectivity index (χ1n) is 14.8. The summed E-state index contributed by atoms with van der Waals surface area (Å²) in [5.41, 5.74) is 1.05. The third kappa shape index (κ3) is 8.92. The molecule has 4 rings (SSSR count). The fraction of sp³-hybridized carbons (Fsp3) is 0.429. The molecule has 3 aromatic rings. The van der Waals surface area contributed by atoms with Gasteiger partial charge in [-0.2, -0.15) is 13.2 Å². The van der Waals surface area contributed by atoms with Crippen LogP contribution in [0, 0.1) is 0 Å². The lowest BCUT2D eigenvalue weighted by atomic mass is 9.76. The number of nitrogens with zero attached hydrogens (tertiary/aromatic N) is 1. The third-order valence-corrected chi connectivity index (χ3v) is 8.02. The molecule has 230 valence electrons. The summed E-state index contributed by atoms with van der Waals surface area (Å²) < 4.78 is 44.7. The Hall–Kier alpha value is -3.65. The molecule has 1 fully saturated rings. The summed E-state index contributed by atoms with van der Waals surface area (Å²) in [6.45, 7) is 10.2. The number of carbonyl (C=O) groups excluding carboxylic acids is 2. The summed E-state index contributed by atoms with van der Waals surface area (Å²) >= 11 is 0. The van der Waals surface area contributed by atoms with Crippen LogP contribution in [0.5, 0.6) is 0 Å². The van der Waals surface area contributed by atoms with Gasteiger partial charge >= 0.3 is 12.1 Å². The molecule has 8 heteroatoms. The SMILES string of the molecule is CC(C)(C)OC(=O)CC(C)(CCN1CCC(NC(=O)c2ccccc2-c2ccc(C(F)(F)F)cc2)CC1)c1ccccc1. The lowest BCUT2D eigenvalue weighted by molar-refractivity contribution is -0.156. The maximum absolute atomic E-state index is 13.3. The monoisotopic (exact) mass is 594 g/mol. The first-order valence-corrected chi connectivity index (χ1v) is 14.8. The summed E-state index contributed by atoms with van der Waals surface area (Å²) in [6, 6.07) is 21.9. The number of hydrogen-bond donors (Lipinski definition) is 1. The maximum Gasteiger partial charge on any atom is 0.416 e. The molecule has 0 bridgehead atoms. The number of nitrogens with one attached hydrogen (secondary N) is 1. The zero-order chi connectivity index (χ0) is 31.3. The van der Waals surface area contributed by atoms with Crippen molar-refractivity contribution in [1.29, 1.82) is 0 Å². The average Bonchev–Trinajstić information content (AvgIpc) is 2.96. The molecule has 1 saturated heterocycles. The second kappa shape index (κ2) is 13.3. The summed E-state index contributed by atoms with van der Waals surface area (Å²) in [6.07, 6.45) is -1.78. The van der Waals surface area contributed by atoms with Crippen LogP contribution in [-0.2, 0) is 21.1 Å². The number of esters is 1. The van der Waals surface area contributed by atoms with Crippen LogP contribution >= 0.6 is 0 Å². The second-order valence-corrected chi connectivity index (χ2v) is 12.6. The van der Waals surface area contributed by atoms with E-state index in [-0.39, 0.29) is 23.3 Å². The van der Waals surface area contributed by atoms with Crippen molar-refractivity contribution < 1.29 is 27.5 Å². The van der Waals surface area contributed by atoms with Crippen LogP contribution < -0.4 is 5.32 Å². The molecule has 1 amide bonds. The van der Waals surface area contributed by atoms with E-state index < -0.39 is 17.3 Å². The number of halogens is 3. The summed E-state index contributed by atoms with van der Waals surface area (Å²) in [5.74, 6) is -0.445. The zero-order valence-electron chi connectivity index (χ0n) is 25.3. The molecule has 0 aromatic heterocycles. The molecule has 1 aliphatic heterocycles. The van der Waals surface area contributed by atoms with Gasteiger partial charge in [-0.1, -0.05) is 67.6 Å². The molecule has 0 saturated carbocycles. The van der Waals surface area contributed by atoms with Crippen molar-refractivity contribution in [2.45, 2.75) is 76.6 Å². The fourth-order valence-corrected chi connectivity index (χ4v) is 5.61. The number of likely N-dealkylation sites (tertiary alicyclic amines) is 1. The Balaban J connectivity index is 1.35. The quantitative estimate of drug-likeness (QED) is 0.259. The van der Waals surface area contributed by atoms with Crippen molar-refractivity contribution in [1.82, 2.24) is 10.2 Å². The minimum absolute atomic E-state index is 0.00770. The number of carbonyl (C=O) groups is 2. The van der Waals surface area contributed by atoms with Crippen molar-refractivity contribution in [2.24, 2.45) is 0 Å². The van der Waals surface area contributed by atoms with E-state index in [4.69, 9.17) is 4.74 Å². The topological polar surface area (TPSA) is 58.6 Å². The molecular formula is C35H41F3N2O3. The van der Waals surface area contributed by atoms with Gasteiger partial charge in [0.15, 0.2) is 0 Å². The van der Waals surface area contributed by atoms with Gasteiger partial charge in [0.05, 0.1) is 12.0 Å². The number of hydrogen-bond acceptors (Lipinski definition) is 4. The summed E-state index contributed by atoms with van der Waals surface area (Å²) in [4.78, 5) is 28.5. The predicted octanol–water partition coefficient (Wildman–Crippen LogP) is 7.65. The average molecular weight is 595 g/mol. The van der Waals surface area contributed by atoms with Gasteiger partial charge in [0.1, 0.15) is 5.60 Å². The van der Waals surface area contributed by atoms with Gasteiger partial charge in [-0.15, -0.1) is 0 Å². The molecule has 1 heterocycles. The highest BCUT2D eigenvalue weighted by Crippen LogP contribution is 2.34. The number of alkyl halides is 3. The normalized spacial score (nSPS) is 16.3. The Morgan fingerprint density at radius 1 is 0.837 bits per heavy atom. The van der Waals surface area contributed by atoms with Crippen molar-refractivity contribution in [3.05, 3.63) is 95.6 Å². The van der Waals surface area contributed by atoms with E-state index in [0.29, 0.717) is 23.1 Å². The van der Waals surface area contributed by atoms with Crippen LogP contribution in [0.1, 0.15) is 74.9 Å². The highest BCUT2D eigenvalue weighted by Gasteiger charge is 2.33. The van der Waals surface area contributed by atoms with Gasteiger partial charge in [0.2, 0.25) is 0 Å². The molecule has 1 N–H and O–H groups in total. The number of rotatable bonds is 9. The van der Waals surface area contributed by atoms with Gasteiger partial charge < -0.3 is 15.0 Å². The number of amides is 1. The highest BCUT2D eigenvalue weighted by atomic mass is 19.4. The summed E-state index contributed by atoms with van der Waals surface area (Å²) in [5, 5.41) is 3.14. The van der Waals surface area contributed by atoms with Crippen molar-refractivity contribution in [3.63, 3.8) is 0 Å². The van der Waals surface area contributed by atoms with Crippen molar-refractivity contribution >= 4 is 11.9 Å². The molecule has 1 unspecified atom stereocenters. The van der Waals surface area contributed by atoms with E-state index >= 15 is 0 Å². The smallest absolute Gasteiger partial charge is 0.416 e. The van der Waals surface area contributed by atoms with Crippen LogP contribution in [0.3, 0.4) is 0 Å². The van der Waals surface area contributed by atoms with Gasteiger partial charge in [-0.25, -0.2) is 0 Å². The van der Waals surface area contributed by atoms with E-state index in [0.717, 1.165) is 56.6 Å². The van der Waals surface area contributed by atoms with E-state index in [9.17, 15) is 22.8 Å². The molecule has 3 aromatic carbocycles. The fourth-order valence-electron chi connectivity index (χ4n) is 5.61. The van der Waals surface area contributed by atoms with Gasteiger partial charge in [0.25, 0.3) is 5.91 Å². The molecular weight excluding hydrogens is 553 g/mol. The Labute approximate surface area is 252 Å². The first-order chi connectivity index (χ1) is 20.2. The van der Waals surface area contributed by atoms with Crippen LogP contribution in [0.25, 0.3) is 11.1 Å². The first kappa shape index (κ1) is 32.3. The molecule has 1 aliphatic rings. The van der Waals surface area contributed by atoms with Crippen LogP contribution in [-0.4, -0.2) is 48.1 Å². The molecule has 43 heavy (non-hydrogen) atoms. The minimum Gasteiger partial charge on any atom is -0.460 e. The van der Waals surface area contributed by atoms with E-state index in [1.807, 2.05) is 39.0 Å². The van der Waals surface area contributed by atoms with E-state index in [2.05, 4.69) is 29.3 Å². The van der Waals surface area contributed by atoms with Gasteiger partial charge in [-0.3, -0.25) is 9.59 Å². The number of benzene rings is 3. The molecule has 0 aliphatic carbocycles. The van der Waals surface area contributed by atoms with Gasteiger partial charge in [0, 0.05) is 30.1 Å². The van der Waals surface area contributed by atoms with Crippen molar-refractivity contribution in [3.8, 4) is 11.1 Å². The van der Waals surface area contributed by atoms with E-state index in [1.165, 1.54) is 12.1 Å². The second-order valence-electron chi connectivity index (χ2n) is 12.6. The third-order valence-electron chi connectivity index (χ3n) is 8.02. The Kier molecular flexibility index (Phi) is 10.0.